The van der Waals surface area contributed by atoms with E-state index in [1.54, 1.807) is 0 Å². The van der Waals surface area contributed by atoms with Gasteiger partial charge in [0.05, 0.1) is 0 Å². The van der Waals surface area contributed by atoms with Crippen LogP contribution in [0, 0.1) is 24.0 Å². The number of hydrogen-bond donors (Lipinski definition) is 1. The van der Waals surface area contributed by atoms with E-state index < -0.39 is 11.6 Å². The lowest BCUT2D eigenvalue weighted by molar-refractivity contribution is 0.558. The fourth-order valence-electron chi connectivity index (χ4n) is 1.20. The predicted octanol–water partition coefficient (Wildman–Crippen LogP) is 2.47. The molecule has 15 heavy (non-hydrogen) atoms. The summed E-state index contributed by atoms with van der Waals surface area (Å²) in [5.41, 5.74) is 0.470. The first-order chi connectivity index (χ1) is 7.24. The van der Waals surface area contributed by atoms with Crippen molar-refractivity contribution < 1.29 is 8.78 Å². The van der Waals surface area contributed by atoms with Crippen LogP contribution in [0.2, 0.25) is 0 Å². The highest BCUT2D eigenvalue weighted by molar-refractivity contribution is 5.18. The van der Waals surface area contributed by atoms with Crippen molar-refractivity contribution in [1.82, 2.24) is 5.32 Å². The summed E-state index contributed by atoms with van der Waals surface area (Å²) in [5, 5.41) is 3.04. The molecule has 1 rings (SSSR count). The number of terminal acetylenes is 1. The van der Waals surface area contributed by atoms with Crippen molar-refractivity contribution in [3.8, 4) is 12.3 Å². The molecule has 0 unspecified atom stereocenters. The highest BCUT2D eigenvalue weighted by Crippen LogP contribution is 2.08. The fourth-order valence-corrected chi connectivity index (χ4v) is 1.20. The van der Waals surface area contributed by atoms with Crippen molar-refractivity contribution in [2.75, 3.05) is 6.54 Å². The van der Waals surface area contributed by atoms with Crippen LogP contribution in [0.1, 0.15) is 18.4 Å². The van der Waals surface area contributed by atoms with Gasteiger partial charge in [-0.15, -0.1) is 12.3 Å². The zero-order valence-corrected chi connectivity index (χ0v) is 8.39. The summed E-state index contributed by atoms with van der Waals surface area (Å²) in [7, 11) is 0. The summed E-state index contributed by atoms with van der Waals surface area (Å²) in [5.74, 6) is 1.45. The summed E-state index contributed by atoms with van der Waals surface area (Å²) in [4.78, 5) is 0. The molecule has 0 aliphatic rings. The summed E-state index contributed by atoms with van der Waals surface area (Å²) in [6, 6.07) is 3.58. The molecule has 1 aromatic carbocycles. The molecule has 1 aromatic rings. The first-order valence-corrected chi connectivity index (χ1v) is 4.82. The van der Waals surface area contributed by atoms with Gasteiger partial charge in [0.15, 0.2) is 0 Å². The minimum atomic E-state index is -0.552. The van der Waals surface area contributed by atoms with Gasteiger partial charge >= 0.3 is 0 Å². The van der Waals surface area contributed by atoms with Crippen LogP contribution in [0.25, 0.3) is 0 Å². The minimum absolute atomic E-state index is 0.399. The molecule has 0 saturated carbocycles. The second kappa shape index (κ2) is 6.15. The van der Waals surface area contributed by atoms with Crippen LogP contribution < -0.4 is 5.32 Å². The molecule has 0 fully saturated rings. The number of rotatable bonds is 5. The van der Waals surface area contributed by atoms with Crippen molar-refractivity contribution in [1.29, 1.82) is 0 Å². The zero-order valence-electron chi connectivity index (χ0n) is 8.39. The lowest BCUT2D eigenvalue weighted by Gasteiger charge is -2.04. The third-order valence-corrected chi connectivity index (χ3v) is 2.01. The number of nitrogens with one attached hydrogen (secondary N) is 1. The van der Waals surface area contributed by atoms with E-state index in [1.165, 1.54) is 12.1 Å². The molecule has 0 spiro atoms. The first kappa shape index (κ1) is 11.7. The lowest BCUT2D eigenvalue weighted by atomic mass is 10.2. The molecule has 1 nitrogen and oxygen atoms in total. The van der Waals surface area contributed by atoms with E-state index in [0.717, 1.165) is 19.0 Å². The Morgan fingerprint density at radius 2 is 2.13 bits per heavy atom. The smallest absolute Gasteiger partial charge is 0.130 e. The average Bonchev–Trinajstić information content (AvgIpc) is 2.20. The first-order valence-electron chi connectivity index (χ1n) is 4.82. The summed E-state index contributed by atoms with van der Waals surface area (Å²) in [6.07, 6.45) is 6.65. The highest BCUT2D eigenvalue weighted by atomic mass is 19.1. The molecule has 3 heteroatoms. The molecule has 0 bridgehead atoms. The molecule has 80 valence electrons. The summed E-state index contributed by atoms with van der Waals surface area (Å²) >= 11 is 0. The van der Waals surface area contributed by atoms with Crippen molar-refractivity contribution in [2.24, 2.45) is 0 Å². The molecular formula is C12H13F2N. The minimum Gasteiger partial charge on any atom is -0.313 e. The van der Waals surface area contributed by atoms with Crippen molar-refractivity contribution in [3.05, 3.63) is 35.4 Å². The standard InChI is InChI=1S/C12H13F2N/c1-2-3-4-7-15-9-10-5-6-11(13)8-12(10)14/h1,5-6,8,15H,3-4,7,9H2. The second-order valence-corrected chi connectivity index (χ2v) is 3.22. The van der Waals surface area contributed by atoms with Gasteiger partial charge in [-0.3, -0.25) is 0 Å². The third kappa shape index (κ3) is 4.09. The Morgan fingerprint density at radius 1 is 1.33 bits per heavy atom. The van der Waals surface area contributed by atoms with E-state index >= 15 is 0 Å². The average molecular weight is 209 g/mol. The van der Waals surface area contributed by atoms with Gasteiger partial charge in [0, 0.05) is 24.6 Å². The van der Waals surface area contributed by atoms with E-state index in [1.807, 2.05) is 0 Å². The largest absolute Gasteiger partial charge is 0.313 e. The maximum Gasteiger partial charge on any atom is 0.130 e. The fraction of sp³-hybridized carbons (Fsp3) is 0.333. The lowest BCUT2D eigenvalue weighted by Crippen LogP contribution is -2.15. The van der Waals surface area contributed by atoms with Gasteiger partial charge in [0.2, 0.25) is 0 Å². The molecular weight excluding hydrogens is 196 g/mol. The normalized spacial score (nSPS) is 9.93. The topological polar surface area (TPSA) is 12.0 Å². The van der Waals surface area contributed by atoms with Crippen LogP contribution in [0.4, 0.5) is 8.78 Å². The van der Waals surface area contributed by atoms with Crippen LogP contribution >= 0.6 is 0 Å². The molecule has 0 saturated heterocycles. The van der Waals surface area contributed by atoms with Gasteiger partial charge < -0.3 is 5.32 Å². The third-order valence-electron chi connectivity index (χ3n) is 2.01. The molecule has 0 aliphatic carbocycles. The molecule has 0 amide bonds. The monoisotopic (exact) mass is 209 g/mol. The zero-order chi connectivity index (χ0) is 11.1. The van der Waals surface area contributed by atoms with Crippen LogP contribution in [-0.2, 0) is 6.54 Å². The Balaban J connectivity index is 2.35. The van der Waals surface area contributed by atoms with Gasteiger partial charge in [-0.05, 0) is 19.0 Å². The van der Waals surface area contributed by atoms with E-state index in [2.05, 4.69) is 11.2 Å². The summed E-state index contributed by atoms with van der Waals surface area (Å²) in [6.45, 7) is 1.14. The van der Waals surface area contributed by atoms with E-state index in [0.29, 0.717) is 18.5 Å². The molecule has 0 atom stereocenters. The van der Waals surface area contributed by atoms with Crippen LogP contribution in [0.3, 0.4) is 0 Å². The number of halogens is 2. The second-order valence-electron chi connectivity index (χ2n) is 3.22. The van der Waals surface area contributed by atoms with Crippen molar-refractivity contribution in [2.45, 2.75) is 19.4 Å². The van der Waals surface area contributed by atoms with E-state index in [9.17, 15) is 8.78 Å². The molecule has 1 N–H and O–H groups in total. The molecule has 0 heterocycles. The Hall–Kier alpha value is -1.40. The van der Waals surface area contributed by atoms with Crippen LogP contribution in [0.5, 0.6) is 0 Å². The Kier molecular flexibility index (Phi) is 4.79. The Morgan fingerprint density at radius 3 is 2.80 bits per heavy atom. The Bertz CT molecular complexity index is 355. The maximum absolute atomic E-state index is 13.1. The molecule has 0 radical (unpaired) electrons. The van der Waals surface area contributed by atoms with E-state index in [-0.39, 0.29) is 0 Å². The van der Waals surface area contributed by atoms with Gasteiger partial charge in [0.1, 0.15) is 11.6 Å². The van der Waals surface area contributed by atoms with E-state index in [4.69, 9.17) is 6.42 Å². The van der Waals surface area contributed by atoms with Gasteiger partial charge in [-0.25, -0.2) is 8.78 Å². The maximum atomic E-state index is 13.1. The molecule has 0 aliphatic heterocycles. The Labute approximate surface area is 88.5 Å². The van der Waals surface area contributed by atoms with Crippen molar-refractivity contribution in [3.63, 3.8) is 0 Å². The van der Waals surface area contributed by atoms with Crippen molar-refractivity contribution >= 4 is 0 Å². The number of benzene rings is 1. The van der Waals surface area contributed by atoms with Gasteiger partial charge in [-0.1, -0.05) is 6.07 Å². The highest BCUT2D eigenvalue weighted by Gasteiger charge is 2.02. The predicted molar refractivity (Wildman–Crippen MR) is 56.1 cm³/mol. The summed E-state index contributed by atoms with van der Waals surface area (Å²) < 4.78 is 25.7. The molecule has 0 aromatic heterocycles. The van der Waals surface area contributed by atoms with Crippen LogP contribution in [-0.4, -0.2) is 6.54 Å². The van der Waals surface area contributed by atoms with Crippen LogP contribution in [0.15, 0.2) is 18.2 Å². The number of unbranched alkanes of at least 4 members (excludes halogenated alkanes) is 1. The number of hydrogen-bond acceptors (Lipinski definition) is 1. The van der Waals surface area contributed by atoms with Gasteiger partial charge in [-0.2, -0.15) is 0 Å². The van der Waals surface area contributed by atoms with Gasteiger partial charge in [0.25, 0.3) is 0 Å². The quantitative estimate of drug-likeness (QED) is 0.580. The SMILES string of the molecule is C#CCCCNCc1ccc(F)cc1F.